The third kappa shape index (κ3) is 6.33. The first-order chi connectivity index (χ1) is 12.9. The van der Waals surface area contributed by atoms with Crippen molar-refractivity contribution in [1.29, 1.82) is 0 Å². The third-order valence-electron chi connectivity index (χ3n) is 5.55. The van der Waals surface area contributed by atoms with Gasteiger partial charge in [-0.25, -0.2) is 0 Å². The lowest BCUT2D eigenvalue weighted by Crippen LogP contribution is -3.16. The fourth-order valence-corrected chi connectivity index (χ4v) is 3.69. The van der Waals surface area contributed by atoms with Crippen molar-refractivity contribution >= 4 is 11.8 Å². The van der Waals surface area contributed by atoms with Crippen LogP contribution in [0, 0.1) is 5.92 Å². The van der Waals surface area contributed by atoms with Crippen molar-refractivity contribution in [3.63, 3.8) is 0 Å². The molecule has 0 aromatic heterocycles. The molecule has 1 heterocycles. The van der Waals surface area contributed by atoms with Gasteiger partial charge < -0.3 is 20.4 Å². The van der Waals surface area contributed by atoms with E-state index in [4.69, 9.17) is 0 Å². The monoisotopic (exact) mass is 376 g/mol. The number of carbonyl (C=O) groups excluding carboxylic acids is 2. The van der Waals surface area contributed by atoms with Crippen LogP contribution in [-0.2, 0) is 16.0 Å². The molecule has 1 saturated heterocycles. The zero-order chi connectivity index (χ0) is 19.8. The number of carbonyl (C=O) groups is 2. The minimum absolute atomic E-state index is 0.0620. The maximum Gasteiger partial charge on any atom is 0.278 e. The first-order valence-corrected chi connectivity index (χ1v) is 10.2. The van der Waals surface area contributed by atoms with Gasteiger partial charge >= 0.3 is 0 Å². The van der Waals surface area contributed by atoms with Crippen molar-refractivity contribution in [3.05, 3.63) is 35.4 Å². The number of rotatable bonds is 8. The van der Waals surface area contributed by atoms with Gasteiger partial charge in [0.2, 0.25) is 0 Å². The van der Waals surface area contributed by atoms with E-state index >= 15 is 0 Å². The Hall–Kier alpha value is -1.92. The van der Waals surface area contributed by atoms with Crippen molar-refractivity contribution in [2.24, 2.45) is 5.92 Å². The lowest BCUT2D eigenvalue weighted by molar-refractivity contribution is -0.896. The Morgan fingerprint density at radius 3 is 2.33 bits per heavy atom. The smallest absolute Gasteiger partial charge is 0.278 e. The number of hydrogen-bond donors (Lipinski definition) is 3. The lowest BCUT2D eigenvalue weighted by Gasteiger charge is -2.31. The predicted octanol–water partition coefficient (Wildman–Crippen LogP) is -1.02. The maximum absolute atomic E-state index is 12.6. The SMILES string of the molecule is CCc1ccc([C@@H]([NH2+]CC(=O)N2CC[NH+](CC(=O)NC)CC2)C(C)C)cc1. The molecule has 1 aromatic carbocycles. The van der Waals surface area contributed by atoms with E-state index in [-0.39, 0.29) is 11.8 Å². The summed E-state index contributed by atoms with van der Waals surface area (Å²) in [7, 11) is 1.67. The molecule has 0 saturated carbocycles. The van der Waals surface area contributed by atoms with Gasteiger partial charge in [-0.2, -0.15) is 0 Å². The van der Waals surface area contributed by atoms with Gasteiger partial charge in [0.05, 0.1) is 26.2 Å². The number of benzene rings is 1. The molecule has 0 aliphatic carbocycles. The van der Waals surface area contributed by atoms with E-state index in [1.54, 1.807) is 7.05 Å². The molecule has 0 unspecified atom stereocenters. The fourth-order valence-electron chi connectivity index (χ4n) is 3.69. The van der Waals surface area contributed by atoms with Crippen LogP contribution in [0.4, 0.5) is 0 Å². The second-order valence-corrected chi connectivity index (χ2v) is 7.79. The van der Waals surface area contributed by atoms with Crippen molar-refractivity contribution < 1.29 is 19.8 Å². The standard InChI is InChI=1S/C21H34N4O2/c1-5-17-6-8-18(9-7-17)21(16(2)3)23-14-20(27)25-12-10-24(11-13-25)15-19(26)22-4/h6-9,16,21,23H,5,10-15H2,1-4H3,(H,22,26)/p+2/t21-/m0/s1. The molecule has 2 amide bonds. The van der Waals surface area contributed by atoms with Gasteiger partial charge in [0, 0.05) is 18.5 Å². The predicted molar refractivity (Wildman–Crippen MR) is 106 cm³/mol. The number of likely N-dealkylation sites (N-methyl/N-ethyl adjacent to an activating group) is 1. The Morgan fingerprint density at radius 2 is 1.81 bits per heavy atom. The van der Waals surface area contributed by atoms with Crippen LogP contribution in [0.15, 0.2) is 24.3 Å². The zero-order valence-electron chi connectivity index (χ0n) is 17.3. The fraction of sp³-hybridized carbons (Fsp3) is 0.619. The van der Waals surface area contributed by atoms with Crippen molar-refractivity contribution in [3.8, 4) is 0 Å². The summed E-state index contributed by atoms with van der Waals surface area (Å²) < 4.78 is 0. The number of hydrogen-bond acceptors (Lipinski definition) is 2. The molecular formula is C21H36N4O2+2. The molecule has 6 heteroatoms. The quantitative estimate of drug-likeness (QED) is 0.544. The Bertz CT molecular complexity index is 607. The zero-order valence-corrected chi connectivity index (χ0v) is 17.3. The van der Waals surface area contributed by atoms with Crippen LogP contribution in [0.1, 0.15) is 37.9 Å². The molecule has 1 aromatic rings. The summed E-state index contributed by atoms with van der Waals surface area (Å²) in [6, 6.07) is 9.07. The lowest BCUT2D eigenvalue weighted by atomic mass is 9.95. The number of aryl methyl sites for hydroxylation is 1. The minimum Gasteiger partial charge on any atom is -0.354 e. The first-order valence-electron chi connectivity index (χ1n) is 10.2. The Labute approximate surface area is 163 Å². The maximum atomic E-state index is 12.6. The van der Waals surface area contributed by atoms with Crippen LogP contribution in [0.3, 0.4) is 0 Å². The van der Waals surface area contributed by atoms with Gasteiger partial charge in [0.1, 0.15) is 6.04 Å². The van der Waals surface area contributed by atoms with E-state index in [2.05, 4.69) is 55.7 Å². The summed E-state index contributed by atoms with van der Waals surface area (Å²) in [6.45, 7) is 10.7. The summed E-state index contributed by atoms with van der Waals surface area (Å²) >= 11 is 0. The number of quaternary nitrogens is 2. The van der Waals surface area contributed by atoms with E-state index in [0.29, 0.717) is 25.0 Å². The van der Waals surface area contributed by atoms with Crippen LogP contribution in [-0.4, -0.2) is 63.0 Å². The molecule has 6 nitrogen and oxygen atoms in total. The van der Waals surface area contributed by atoms with Crippen LogP contribution >= 0.6 is 0 Å². The van der Waals surface area contributed by atoms with E-state index in [1.807, 2.05) is 4.90 Å². The Kier molecular flexibility index (Phi) is 8.25. The van der Waals surface area contributed by atoms with Gasteiger partial charge in [0.15, 0.2) is 13.1 Å². The molecule has 150 valence electrons. The Morgan fingerprint density at radius 1 is 1.19 bits per heavy atom. The van der Waals surface area contributed by atoms with Gasteiger partial charge in [-0.15, -0.1) is 0 Å². The average molecular weight is 377 g/mol. The van der Waals surface area contributed by atoms with Gasteiger partial charge in [-0.3, -0.25) is 9.59 Å². The highest BCUT2D eigenvalue weighted by molar-refractivity contribution is 5.77. The molecular weight excluding hydrogens is 340 g/mol. The van der Waals surface area contributed by atoms with E-state index in [1.165, 1.54) is 16.0 Å². The molecule has 0 bridgehead atoms. The molecule has 4 N–H and O–H groups in total. The molecule has 1 aliphatic heterocycles. The van der Waals surface area contributed by atoms with Crippen LogP contribution in [0.25, 0.3) is 0 Å². The van der Waals surface area contributed by atoms with Gasteiger partial charge in [-0.05, 0) is 12.0 Å². The molecule has 2 rings (SSSR count). The van der Waals surface area contributed by atoms with Gasteiger partial charge in [0.25, 0.3) is 11.8 Å². The van der Waals surface area contributed by atoms with Crippen LogP contribution in [0.5, 0.6) is 0 Å². The van der Waals surface area contributed by atoms with E-state index < -0.39 is 0 Å². The molecule has 0 spiro atoms. The van der Waals surface area contributed by atoms with E-state index in [9.17, 15) is 9.59 Å². The number of nitrogens with one attached hydrogen (secondary N) is 2. The minimum atomic E-state index is 0.0620. The summed E-state index contributed by atoms with van der Waals surface area (Å²) in [5.41, 5.74) is 2.63. The summed E-state index contributed by atoms with van der Waals surface area (Å²) in [5.74, 6) is 0.718. The molecule has 0 radical (unpaired) electrons. The number of amides is 2. The first kappa shape index (κ1) is 21.4. The summed E-state index contributed by atoms with van der Waals surface area (Å²) in [6.07, 6.45) is 1.04. The van der Waals surface area contributed by atoms with Crippen LogP contribution in [0.2, 0.25) is 0 Å². The van der Waals surface area contributed by atoms with Crippen molar-refractivity contribution in [2.75, 3.05) is 46.3 Å². The van der Waals surface area contributed by atoms with Gasteiger partial charge in [-0.1, -0.05) is 45.0 Å². The summed E-state index contributed by atoms with van der Waals surface area (Å²) in [5, 5.41) is 4.85. The molecule has 1 fully saturated rings. The highest BCUT2D eigenvalue weighted by Crippen LogP contribution is 2.18. The highest BCUT2D eigenvalue weighted by atomic mass is 16.2. The molecule has 27 heavy (non-hydrogen) atoms. The number of nitrogens with two attached hydrogens (primary N) is 1. The second-order valence-electron chi connectivity index (χ2n) is 7.79. The van der Waals surface area contributed by atoms with Crippen LogP contribution < -0.4 is 15.5 Å². The van der Waals surface area contributed by atoms with Crippen molar-refractivity contribution in [2.45, 2.75) is 33.2 Å². The number of piperazine rings is 1. The number of nitrogens with zero attached hydrogens (tertiary/aromatic N) is 1. The van der Waals surface area contributed by atoms with Crippen molar-refractivity contribution in [1.82, 2.24) is 10.2 Å². The normalized spacial score (nSPS) is 16.4. The Balaban J connectivity index is 1.84. The summed E-state index contributed by atoms with van der Waals surface area (Å²) in [4.78, 5) is 27.3. The second kappa shape index (κ2) is 10.4. The largest absolute Gasteiger partial charge is 0.354 e. The molecule has 1 atom stereocenters. The molecule has 1 aliphatic rings. The highest BCUT2D eigenvalue weighted by Gasteiger charge is 2.27. The van der Waals surface area contributed by atoms with E-state index in [0.717, 1.165) is 32.6 Å². The topological polar surface area (TPSA) is 70.5 Å². The average Bonchev–Trinajstić information content (AvgIpc) is 2.68. The third-order valence-corrected chi connectivity index (χ3v) is 5.55.